The maximum Gasteiger partial charge on any atom is 0.306 e. The van der Waals surface area contributed by atoms with Gasteiger partial charge in [0.05, 0.1) is 19.1 Å². The maximum absolute atomic E-state index is 11.6. The number of ether oxygens (including phenoxy) is 1. The predicted octanol–water partition coefficient (Wildman–Crippen LogP) is 0.0458. The molecule has 0 aliphatic heterocycles. The fourth-order valence-corrected chi connectivity index (χ4v) is 1.53. The third-order valence-electron chi connectivity index (χ3n) is 1.72. The molecule has 8 heteroatoms. The number of carbonyl (C=O) groups is 1. The summed E-state index contributed by atoms with van der Waals surface area (Å²) in [5.41, 5.74) is -0.629. The van der Waals surface area contributed by atoms with Crippen LogP contribution in [-0.4, -0.2) is 45.0 Å². The van der Waals surface area contributed by atoms with Crippen molar-refractivity contribution in [3.05, 3.63) is 0 Å². The van der Waals surface area contributed by atoms with Crippen LogP contribution in [0.15, 0.2) is 0 Å². The second-order valence-corrected chi connectivity index (χ2v) is 6.19. The summed E-state index contributed by atoms with van der Waals surface area (Å²) in [6.07, 6.45) is -0.0105. The Morgan fingerprint density at radius 2 is 1.88 bits per heavy atom. The highest BCUT2D eigenvalue weighted by atomic mass is 32.2. The lowest BCUT2D eigenvalue weighted by atomic mass is 10.2. The quantitative estimate of drug-likeness (QED) is 0.543. The van der Waals surface area contributed by atoms with Crippen LogP contribution < -0.4 is 4.89 Å². The van der Waals surface area contributed by atoms with Crippen molar-refractivity contribution in [2.45, 2.75) is 32.8 Å². The number of carbonyl (C=O) groups excluding carboxylic acids is 1. The van der Waals surface area contributed by atoms with Crippen LogP contribution in [0.3, 0.4) is 0 Å². The average Bonchev–Trinajstić information content (AvgIpc) is 2.21. The molecular weight excluding hydrogens is 248 g/mol. The van der Waals surface area contributed by atoms with Gasteiger partial charge in [-0.1, -0.05) is 4.89 Å². The first-order valence-corrected chi connectivity index (χ1v) is 6.50. The number of nitrogens with zero attached hydrogens (tertiary/aromatic N) is 1. The SMILES string of the molecule is COC(=O)CCN(C)S(=O)(=O)NOC(C)(C)C. The minimum Gasteiger partial charge on any atom is -0.469 e. The summed E-state index contributed by atoms with van der Waals surface area (Å²) in [5, 5.41) is 0. The van der Waals surface area contributed by atoms with Crippen molar-refractivity contribution in [3.63, 3.8) is 0 Å². The Morgan fingerprint density at radius 1 is 1.35 bits per heavy atom. The first-order chi connectivity index (χ1) is 7.58. The van der Waals surface area contributed by atoms with E-state index in [4.69, 9.17) is 4.84 Å². The van der Waals surface area contributed by atoms with E-state index in [0.29, 0.717) is 0 Å². The third-order valence-corrected chi connectivity index (χ3v) is 3.02. The third kappa shape index (κ3) is 7.27. The van der Waals surface area contributed by atoms with Crippen molar-refractivity contribution >= 4 is 16.2 Å². The molecule has 0 bridgehead atoms. The Morgan fingerprint density at radius 3 is 2.29 bits per heavy atom. The smallest absolute Gasteiger partial charge is 0.306 e. The highest BCUT2D eigenvalue weighted by Gasteiger charge is 2.22. The molecule has 0 heterocycles. The Bertz CT molecular complexity index is 347. The summed E-state index contributed by atoms with van der Waals surface area (Å²) in [6.45, 7) is 5.16. The van der Waals surface area contributed by atoms with Gasteiger partial charge in [-0.05, 0) is 20.8 Å². The molecule has 0 fully saturated rings. The maximum atomic E-state index is 11.6. The number of esters is 1. The molecule has 0 saturated heterocycles. The lowest BCUT2D eigenvalue weighted by molar-refractivity contribution is -0.140. The summed E-state index contributed by atoms with van der Waals surface area (Å²) in [4.78, 5) is 17.8. The molecular formula is C9H20N2O5S. The summed E-state index contributed by atoms with van der Waals surface area (Å²) in [5.74, 6) is -0.469. The van der Waals surface area contributed by atoms with Gasteiger partial charge in [-0.2, -0.15) is 12.7 Å². The van der Waals surface area contributed by atoms with Gasteiger partial charge in [-0.25, -0.2) is 0 Å². The Hall–Kier alpha value is -0.700. The van der Waals surface area contributed by atoms with Gasteiger partial charge < -0.3 is 4.74 Å². The summed E-state index contributed by atoms with van der Waals surface area (Å²) in [6, 6.07) is 0. The lowest BCUT2D eigenvalue weighted by Crippen LogP contribution is -2.42. The van der Waals surface area contributed by atoms with Crippen molar-refractivity contribution in [2.75, 3.05) is 20.7 Å². The van der Waals surface area contributed by atoms with Crippen molar-refractivity contribution in [2.24, 2.45) is 0 Å². The van der Waals surface area contributed by atoms with Crippen molar-refractivity contribution < 1.29 is 22.8 Å². The number of hydrogen-bond acceptors (Lipinski definition) is 5. The van der Waals surface area contributed by atoms with Gasteiger partial charge in [0.15, 0.2) is 0 Å². The number of hydrogen-bond donors (Lipinski definition) is 1. The number of methoxy groups -OCH3 is 1. The molecule has 0 aromatic carbocycles. The van der Waals surface area contributed by atoms with Crippen molar-refractivity contribution in [1.29, 1.82) is 0 Å². The van der Waals surface area contributed by atoms with E-state index in [2.05, 4.69) is 4.74 Å². The molecule has 7 nitrogen and oxygen atoms in total. The van der Waals surface area contributed by atoms with E-state index in [1.54, 1.807) is 20.8 Å². The molecule has 0 atom stereocenters. The van der Waals surface area contributed by atoms with Crippen LogP contribution in [0, 0.1) is 0 Å². The largest absolute Gasteiger partial charge is 0.469 e. The van der Waals surface area contributed by atoms with Crippen LogP contribution in [0.25, 0.3) is 0 Å². The first-order valence-electron chi connectivity index (χ1n) is 5.06. The molecule has 0 aromatic rings. The predicted molar refractivity (Wildman–Crippen MR) is 62.2 cm³/mol. The van der Waals surface area contributed by atoms with E-state index in [1.165, 1.54) is 14.2 Å². The molecule has 1 N–H and O–H groups in total. The Kier molecular flexibility index (Phi) is 6.03. The van der Waals surface area contributed by atoms with Crippen LogP contribution >= 0.6 is 0 Å². The highest BCUT2D eigenvalue weighted by molar-refractivity contribution is 7.86. The first kappa shape index (κ1) is 16.3. The van der Waals surface area contributed by atoms with E-state index in [9.17, 15) is 13.2 Å². The second-order valence-electron chi connectivity index (χ2n) is 4.45. The number of rotatable bonds is 6. The van der Waals surface area contributed by atoms with Crippen molar-refractivity contribution in [3.8, 4) is 0 Å². The molecule has 0 spiro atoms. The molecule has 17 heavy (non-hydrogen) atoms. The van der Waals surface area contributed by atoms with E-state index >= 15 is 0 Å². The van der Waals surface area contributed by atoms with Crippen LogP contribution in [0.4, 0.5) is 0 Å². The molecule has 0 aliphatic carbocycles. The Balaban J connectivity index is 4.26. The summed E-state index contributed by atoms with van der Waals surface area (Å²) >= 11 is 0. The molecule has 0 radical (unpaired) electrons. The van der Waals surface area contributed by atoms with Gasteiger partial charge >= 0.3 is 16.2 Å². The van der Waals surface area contributed by atoms with Crippen LogP contribution in [-0.2, 0) is 24.6 Å². The fourth-order valence-electron chi connectivity index (χ4n) is 0.712. The summed E-state index contributed by atoms with van der Waals surface area (Å²) in [7, 11) is -1.15. The van der Waals surface area contributed by atoms with Gasteiger partial charge in [0.25, 0.3) is 0 Å². The zero-order chi connectivity index (χ0) is 13.7. The van der Waals surface area contributed by atoms with E-state index < -0.39 is 21.8 Å². The fraction of sp³-hybridized carbons (Fsp3) is 0.889. The average molecular weight is 268 g/mol. The molecule has 0 unspecified atom stereocenters. The monoisotopic (exact) mass is 268 g/mol. The summed E-state index contributed by atoms with van der Waals surface area (Å²) < 4.78 is 28.6. The Labute approximate surface area is 102 Å². The number of nitrogens with one attached hydrogen (secondary N) is 1. The van der Waals surface area contributed by atoms with Crippen LogP contribution in [0.2, 0.25) is 0 Å². The van der Waals surface area contributed by atoms with E-state index in [-0.39, 0.29) is 13.0 Å². The minimum absolute atomic E-state index is 0.0105. The molecule has 102 valence electrons. The molecule has 0 aliphatic rings. The molecule has 0 aromatic heterocycles. The lowest BCUT2D eigenvalue weighted by Gasteiger charge is -2.22. The second kappa shape index (κ2) is 6.29. The van der Waals surface area contributed by atoms with Gasteiger partial charge in [-0.15, -0.1) is 0 Å². The van der Waals surface area contributed by atoms with Crippen LogP contribution in [0.5, 0.6) is 0 Å². The van der Waals surface area contributed by atoms with Crippen LogP contribution in [0.1, 0.15) is 27.2 Å². The van der Waals surface area contributed by atoms with Crippen molar-refractivity contribution in [1.82, 2.24) is 9.19 Å². The minimum atomic E-state index is -3.74. The van der Waals surface area contributed by atoms with Gasteiger partial charge in [-0.3, -0.25) is 9.63 Å². The van der Waals surface area contributed by atoms with Gasteiger partial charge in [0.1, 0.15) is 0 Å². The molecule has 0 amide bonds. The standard InChI is InChI=1S/C9H20N2O5S/c1-9(2,3)16-10-17(13,14)11(4)7-6-8(12)15-5/h10H,6-7H2,1-5H3. The molecule has 0 saturated carbocycles. The van der Waals surface area contributed by atoms with Gasteiger partial charge in [0, 0.05) is 13.6 Å². The zero-order valence-corrected chi connectivity index (χ0v) is 11.6. The normalized spacial score (nSPS) is 12.8. The van der Waals surface area contributed by atoms with E-state index in [0.717, 1.165) is 4.31 Å². The van der Waals surface area contributed by atoms with E-state index in [1.807, 2.05) is 4.89 Å². The highest BCUT2D eigenvalue weighted by Crippen LogP contribution is 2.06. The molecule has 0 rings (SSSR count). The topological polar surface area (TPSA) is 84.9 Å². The zero-order valence-electron chi connectivity index (χ0n) is 10.8. The van der Waals surface area contributed by atoms with Gasteiger partial charge in [0.2, 0.25) is 0 Å².